The molecule has 1 N–H and O–H groups in total. The summed E-state index contributed by atoms with van der Waals surface area (Å²) >= 11 is 3.40. The Kier molecular flexibility index (Phi) is 3.38. The maximum Gasteiger partial charge on any atom is 0.321 e. The largest absolute Gasteiger partial charge is 0.325 e. The van der Waals surface area contributed by atoms with Gasteiger partial charge in [0, 0.05) is 29.1 Å². The third kappa shape index (κ3) is 2.56. The molecular formula is C14H14BrN3O. The molecule has 0 atom stereocenters. The molecule has 0 bridgehead atoms. The zero-order chi connectivity index (χ0) is 13.2. The first kappa shape index (κ1) is 12.4. The standard InChI is InChI=1S/C14H14BrN3O/c15-11-8-10-4-3-5-12(13(10)16-9-11)17-14(19)18-6-1-2-7-18/h3-5,8-9H,1-2,6-7H2,(H,17,19). The second-order valence-corrected chi connectivity index (χ2v) is 5.57. The van der Waals surface area contributed by atoms with E-state index < -0.39 is 0 Å². The number of benzene rings is 1. The minimum atomic E-state index is -0.0327. The minimum absolute atomic E-state index is 0.0327. The van der Waals surface area contributed by atoms with Crippen LogP contribution in [0.15, 0.2) is 34.9 Å². The average Bonchev–Trinajstić information content (AvgIpc) is 2.92. The van der Waals surface area contributed by atoms with Crippen LogP contribution in [0.3, 0.4) is 0 Å². The van der Waals surface area contributed by atoms with Gasteiger partial charge in [-0.15, -0.1) is 0 Å². The number of likely N-dealkylation sites (tertiary alicyclic amines) is 1. The van der Waals surface area contributed by atoms with Gasteiger partial charge in [0.15, 0.2) is 0 Å². The van der Waals surface area contributed by atoms with Crippen molar-refractivity contribution in [2.75, 3.05) is 18.4 Å². The van der Waals surface area contributed by atoms with Crippen LogP contribution in [0.1, 0.15) is 12.8 Å². The van der Waals surface area contributed by atoms with Gasteiger partial charge in [0.25, 0.3) is 0 Å². The molecule has 1 aromatic heterocycles. The van der Waals surface area contributed by atoms with Gasteiger partial charge in [0.1, 0.15) is 0 Å². The van der Waals surface area contributed by atoms with Crippen LogP contribution in [0.4, 0.5) is 10.5 Å². The third-order valence-corrected chi connectivity index (χ3v) is 3.75. The van der Waals surface area contributed by atoms with Crippen LogP contribution in [0, 0.1) is 0 Å². The topological polar surface area (TPSA) is 45.2 Å². The molecular weight excluding hydrogens is 306 g/mol. The number of hydrogen-bond donors (Lipinski definition) is 1. The van der Waals surface area contributed by atoms with Gasteiger partial charge in [-0.05, 0) is 40.9 Å². The van der Waals surface area contributed by atoms with Crippen molar-refractivity contribution in [3.8, 4) is 0 Å². The zero-order valence-corrected chi connectivity index (χ0v) is 12.0. The number of amides is 2. The highest BCUT2D eigenvalue weighted by atomic mass is 79.9. The summed E-state index contributed by atoms with van der Waals surface area (Å²) in [6.07, 6.45) is 3.93. The number of aromatic nitrogens is 1. The number of pyridine rings is 1. The molecule has 2 aromatic rings. The number of hydrogen-bond acceptors (Lipinski definition) is 2. The maximum absolute atomic E-state index is 12.1. The molecule has 5 heteroatoms. The quantitative estimate of drug-likeness (QED) is 0.872. The molecule has 98 valence electrons. The molecule has 2 heterocycles. The predicted octanol–water partition coefficient (Wildman–Crippen LogP) is 3.63. The molecule has 4 nitrogen and oxygen atoms in total. The fourth-order valence-corrected chi connectivity index (χ4v) is 2.70. The molecule has 0 aliphatic carbocycles. The van der Waals surface area contributed by atoms with Gasteiger partial charge in [-0.2, -0.15) is 0 Å². The molecule has 1 fully saturated rings. The van der Waals surface area contributed by atoms with Crippen molar-refractivity contribution in [1.29, 1.82) is 0 Å². The molecule has 0 spiro atoms. The van der Waals surface area contributed by atoms with Crippen molar-refractivity contribution in [2.24, 2.45) is 0 Å². The number of halogens is 1. The summed E-state index contributed by atoms with van der Waals surface area (Å²) < 4.78 is 0.933. The zero-order valence-electron chi connectivity index (χ0n) is 10.4. The van der Waals surface area contributed by atoms with Gasteiger partial charge >= 0.3 is 6.03 Å². The van der Waals surface area contributed by atoms with Crippen LogP contribution in [0.25, 0.3) is 10.9 Å². The van der Waals surface area contributed by atoms with E-state index in [4.69, 9.17) is 0 Å². The fourth-order valence-electron chi connectivity index (χ4n) is 2.35. The molecule has 1 aliphatic rings. The predicted molar refractivity (Wildman–Crippen MR) is 79.3 cm³/mol. The Labute approximate surface area is 119 Å². The van der Waals surface area contributed by atoms with Crippen molar-refractivity contribution >= 4 is 38.6 Å². The third-order valence-electron chi connectivity index (χ3n) is 3.31. The Bertz CT molecular complexity index is 623. The van der Waals surface area contributed by atoms with Crippen LogP contribution < -0.4 is 5.32 Å². The Morgan fingerprint density at radius 3 is 2.89 bits per heavy atom. The van der Waals surface area contributed by atoms with Crippen LogP contribution in [0.5, 0.6) is 0 Å². The summed E-state index contributed by atoms with van der Waals surface area (Å²) in [7, 11) is 0. The van der Waals surface area contributed by atoms with E-state index in [1.54, 1.807) is 6.20 Å². The van der Waals surface area contributed by atoms with Gasteiger partial charge in [-0.1, -0.05) is 12.1 Å². The Hall–Kier alpha value is -1.62. The van der Waals surface area contributed by atoms with Crippen molar-refractivity contribution in [1.82, 2.24) is 9.88 Å². The maximum atomic E-state index is 12.1. The number of anilines is 1. The smallest absolute Gasteiger partial charge is 0.321 e. The van der Waals surface area contributed by atoms with Crippen LogP contribution in [-0.2, 0) is 0 Å². The average molecular weight is 320 g/mol. The number of nitrogens with zero attached hydrogens (tertiary/aromatic N) is 2. The highest BCUT2D eigenvalue weighted by Gasteiger charge is 2.18. The second kappa shape index (κ2) is 5.17. The van der Waals surface area contributed by atoms with Crippen LogP contribution >= 0.6 is 15.9 Å². The Morgan fingerprint density at radius 1 is 1.32 bits per heavy atom. The summed E-state index contributed by atoms with van der Waals surface area (Å²) in [5.74, 6) is 0. The lowest BCUT2D eigenvalue weighted by molar-refractivity contribution is 0.222. The van der Waals surface area contributed by atoms with Crippen molar-refractivity contribution in [3.05, 3.63) is 34.9 Å². The molecule has 0 unspecified atom stereocenters. The minimum Gasteiger partial charge on any atom is -0.325 e. The Morgan fingerprint density at radius 2 is 2.11 bits per heavy atom. The van der Waals surface area contributed by atoms with E-state index in [0.717, 1.165) is 47.0 Å². The van der Waals surface area contributed by atoms with Gasteiger partial charge in [-0.25, -0.2) is 4.79 Å². The first-order chi connectivity index (χ1) is 9.24. The molecule has 3 rings (SSSR count). The van der Waals surface area contributed by atoms with Crippen LogP contribution in [-0.4, -0.2) is 29.0 Å². The summed E-state index contributed by atoms with van der Waals surface area (Å²) in [5, 5.41) is 3.96. The van der Waals surface area contributed by atoms with Crippen LogP contribution in [0.2, 0.25) is 0 Å². The van der Waals surface area contributed by atoms with Gasteiger partial charge in [0.2, 0.25) is 0 Å². The van der Waals surface area contributed by atoms with E-state index in [9.17, 15) is 4.79 Å². The lowest BCUT2D eigenvalue weighted by Crippen LogP contribution is -2.32. The highest BCUT2D eigenvalue weighted by molar-refractivity contribution is 9.10. The number of urea groups is 1. The molecule has 1 saturated heterocycles. The Balaban J connectivity index is 1.90. The SMILES string of the molecule is O=C(Nc1cccc2cc(Br)cnc12)N1CCCC1. The molecule has 19 heavy (non-hydrogen) atoms. The van der Waals surface area contributed by atoms with Gasteiger partial charge in [0.05, 0.1) is 11.2 Å². The number of rotatable bonds is 1. The first-order valence-corrected chi connectivity index (χ1v) is 7.13. The molecule has 0 saturated carbocycles. The van der Waals surface area contributed by atoms with E-state index in [-0.39, 0.29) is 6.03 Å². The summed E-state index contributed by atoms with van der Waals surface area (Å²) in [4.78, 5) is 18.3. The fraction of sp³-hybridized carbons (Fsp3) is 0.286. The number of nitrogens with one attached hydrogen (secondary N) is 1. The summed E-state index contributed by atoms with van der Waals surface area (Å²) in [6, 6.07) is 7.76. The van der Waals surface area contributed by atoms with E-state index in [2.05, 4.69) is 26.2 Å². The molecule has 2 amide bonds. The lowest BCUT2D eigenvalue weighted by atomic mass is 10.2. The van der Waals surface area contributed by atoms with E-state index in [1.807, 2.05) is 29.2 Å². The number of para-hydroxylation sites is 1. The van der Waals surface area contributed by atoms with Crippen molar-refractivity contribution in [3.63, 3.8) is 0 Å². The lowest BCUT2D eigenvalue weighted by Gasteiger charge is -2.16. The number of carbonyl (C=O) groups is 1. The summed E-state index contributed by atoms with van der Waals surface area (Å²) in [6.45, 7) is 1.69. The molecule has 1 aliphatic heterocycles. The van der Waals surface area contributed by atoms with E-state index >= 15 is 0 Å². The first-order valence-electron chi connectivity index (χ1n) is 6.34. The monoisotopic (exact) mass is 319 g/mol. The van der Waals surface area contributed by atoms with Crippen molar-refractivity contribution in [2.45, 2.75) is 12.8 Å². The molecule has 1 aromatic carbocycles. The normalized spacial score (nSPS) is 14.9. The van der Waals surface area contributed by atoms with E-state index in [1.165, 1.54) is 0 Å². The second-order valence-electron chi connectivity index (χ2n) is 4.66. The van der Waals surface area contributed by atoms with Gasteiger partial charge in [-0.3, -0.25) is 4.98 Å². The number of fused-ring (bicyclic) bond motifs is 1. The van der Waals surface area contributed by atoms with Crippen molar-refractivity contribution < 1.29 is 4.79 Å². The summed E-state index contributed by atoms with van der Waals surface area (Å²) in [5.41, 5.74) is 1.58. The number of carbonyl (C=O) groups excluding carboxylic acids is 1. The van der Waals surface area contributed by atoms with Gasteiger partial charge < -0.3 is 10.2 Å². The molecule has 0 radical (unpaired) electrons. The highest BCUT2D eigenvalue weighted by Crippen LogP contribution is 2.24. The van der Waals surface area contributed by atoms with E-state index in [0.29, 0.717) is 0 Å².